The van der Waals surface area contributed by atoms with Crippen LogP contribution in [0.15, 0.2) is 46.6 Å². The second-order valence-corrected chi connectivity index (χ2v) is 3.58. The van der Waals surface area contributed by atoms with E-state index in [1.54, 1.807) is 0 Å². The monoisotopic (exact) mass is 160 g/mol. The van der Waals surface area contributed by atoms with E-state index in [-0.39, 0.29) is 0 Å². The molecule has 12 heavy (non-hydrogen) atoms. The van der Waals surface area contributed by atoms with E-state index in [1.807, 2.05) is 0 Å². The Labute approximate surface area is 75.0 Å². The van der Waals surface area contributed by atoms with Gasteiger partial charge in [0.1, 0.15) is 0 Å². The van der Waals surface area contributed by atoms with Crippen LogP contribution in [0.2, 0.25) is 0 Å². The van der Waals surface area contributed by atoms with Gasteiger partial charge in [-0.3, -0.25) is 0 Å². The standard InChI is InChI=1S/C12H16/c1-9(2)5-6-12-8-10(3)7-11(12)4/h5-8H,1-4H3. The summed E-state index contributed by atoms with van der Waals surface area (Å²) >= 11 is 0. The maximum atomic E-state index is 2.22. The van der Waals surface area contributed by atoms with E-state index < -0.39 is 0 Å². The van der Waals surface area contributed by atoms with Crippen LogP contribution < -0.4 is 0 Å². The van der Waals surface area contributed by atoms with Gasteiger partial charge < -0.3 is 0 Å². The molecule has 0 aromatic rings. The van der Waals surface area contributed by atoms with E-state index in [0.29, 0.717) is 0 Å². The first-order valence-electron chi connectivity index (χ1n) is 4.32. The van der Waals surface area contributed by atoms with Crippen LogP contribution in [0.4, 0.5) is 0 Å². The molecule has 0 saturated carbocycles. The summed E-state index contributed by atoms with van der Waals surface area (Å²) in [5, 5.41) is 0. The molecule has 0 aromatic heterocycles. The van der Waals surface area contributed by atoms with Crippen LogP contribution in [0.5, 0.6) is 0 Å². The normalized spacial score (nSPS) is 19.2. The maximum absolute atomic E-state index is 2.22. The fraction of sp³-hybridized carbons (Fsp3) is 0.333. The predicted octanol–water partition coefficient (Wildman–Crippen LogP) is 3.79. The summed E-state index contributed by atoms with van der Waals surface area (Å²) in [6.07, 6.45) is 8.76. The van der Waals surface area contributed by atoms with Gasteiger partial charge in [-0.15, -0.1) is 0 Å². The van der Waals surface area contributed by atoms with Gasteiger partial charge in [-0.05, 0) is 38.8 Å². The molecule has 1 aliphatic rings. The summed E-state index contributed by atoms with van der Waals surface area (Å²) in [6.45, 7) is 8.51. The Morgan fingerprint density at radius 2 is 1.83 bits per heavy atom. The molecule has 64 valence electrons. The third-order valence-corrected chi connectivity index (χ3v) is 1.88. The van der Waals surface area contributed by atoms with Crippen LogP contribution in [-0.2, 0) is 0 Å². The summed E-state index contributed by atoms with van der Waals surface area (Å²) in [5.74, 6) is 0. The van der Waals surface area contributed by atoms with Crippen molar-refractivity contribution in [1.82, 2.24) is 0 Å². The van der Waals surface area contributed by atoms with Gasteiger partial charge in [-0.25, -0.2) is 0 Å². The SMILES string of the molecule is CC(C)=CC=C1C=C(C)C=C1C. The topological polar surface area (TPSA) is 0 Å². The van der Waals surface area contributed by atoms with Crippen molar-refractivity contribution >= 4 is 0 Å². The molecule has 0 heteroatoms. The van der Waals surface area contributed by atoms with Crippen LogP contribution >= 0.6 is 0 Å². The highest BCUT2D eigenvalue weighted by Gasteiger charge is 2.02. The van der Waals surface area contributed by atoms with Crippen LogP contribution in [-0.4, -0.2) is 0 Å². The minimum absolute atomic E-state index is 1.34. The first kappa shape index (κ1) is 9.05. The average molecular weight is 160 g/mol. The third-order valence-electron chi connectivity index (χ3n) is 1.88. The molecule has 0 unspecified atom stereocenters. The van der Waals surface area contributed by atoms with E-state index >= 15 is 0 Å². The zero-order chi connectivity index (χ0) is 9.14. The molecule has 0 saturated heterocycles. The van der Waals surface area contributed by atoms with Crippen molar-refractivity contribution < 1.29 is 0 Å². The summed E-state index contributed by atoms with van der Waals surface area (Å²) in [5.41, 5.74) is 5.40. The highest BCUT2D eigenvalue weighted by Crippen LogP contribution is 2.22. The summed E-state index contributed by atoms with van der Waals surface area (Å²) < 4.78 is 0. The van der Waals surface area contributed by atoms with Crippen LogP contribution in [0.3, 0.4) is 0 Å². The van der Waals surface area contributed by atoms with Crippen molar-refractivity contribution in [2.75, 3.05) is 0 Å². The van der Waals surface area contributed by atoms with Gasteiger partial charge in [0.05, 0.1) is 0 Å². The minimum Gasteiger partial charge on any atom is -0.0764 e. The molecule has 1 rings (SSSR count). The second kappa shape index (κ2) is 3.57. The second-order valence-electron chi connectivity index (χ2n) is 3.58. The van der Waals surface area contributed by atoms with Gasteiger partial charge >= 0.3 is 0 Å². The van der Waals surface area contributed by atoms with Crippen LogP contribution in [0.25, 0.3) is 0 Å². The molecule has 0 fully saturated rings. The predicted molar refractivity (Wildman–Crippen MR) is 55.0 cm³/mol. The molecule has 1 aliphatic carbocycles. The summed E-state index contributed by atoms with van der Waals surface area (Å²) in [4.78, 5) is 0. The van der Waals surface area contributed by atoms with Gasteiger partial charge in [0, 0.05) is 0 Å². The highest BCUT2D eigenvalue weighted by molar-refractivity contribution is 5.52. The minimum atomic E-state index is 1.34. The van der Waals surface area contributed by atoms with Crippen molar-refractivity contribution in [1.29, 1.82) is 0 Å². The first-order valence-corrected chi connectivity index (χ1v) is 4.32. The molecule has 0 atom stereocenters. The van der Waals surface area contributed by atoms with Gasteiger partial charge in [0.15, 0.2) is 0 Å². The van der Waals surface area contributed by atoms with Gasteiger partial charge in [-0.2, -0.15) is 0 Å². The lowest BCUT2D eigenvalue weighted by Crippen LogP contribution is -1.74. The molecule has 0 amide bonds. The first-order chi connectivity index (χ1) is 5.59. The van der Waals surface area contributed by atoms with E-state index in [4.69, 9.17) is 0 Å². The molecule has 0 radical (unpaired) electrons. The van der Waals surface area contributed by atoms with E-state index in [1.165, 1.54) is 22.3 Å². The van der Waals surface area contributed by atoms with Crippen LogP contribution in [0, 0.1) is 0 Å². The van der Waals surface area contributed by atoms with Crippen LogP contribution in [0.1, 0.15) is 27.7 Å². The van der Waals surface area contributed by atoms with Gasteiger partial charge in [0.2, 0.25) is 0 Å². The lowest BCUT2D eigenvalue weighted by molar-refractivity contribution is 1.38. The molecular formula is C12H16. The fourth-order valence-electron chi connectivity index (χ4n) is 1.26. The Kier molecular flexibility index (Phi) is 2.69. The Morgan fingerprint density at radius 1 is 1.17 bits per heavy atom. The summed E-state index contributed by atoms with van der Waals surface area (Å²) in [6, 6.07) is 0. The zero-order valence-electron chi connectivity index (χ0n) is 8.31. The molecule has 0 nitrogen and oxygen atoms in total. The molecule has 0 bridgehead atoms. The average Bonchev–Trinajstić information content (AvgIpc) is 2.26. The highest BCUT2D eigenvalue weighted by atomic mass is 14.1. The Morgan fingerprint density at radius 3 is 2.25 bits per heavy atom. The number of rotatable bonds is 1. The van der Waals surface area contributed by atoms with Crippen molar-refractivity contribution in [3.63, 3.8) is 0 Å². The Hall–Kier alpha value is -1.04. The Balaban J connectivity index is 2.86. The molecule has 0 N–H and O–H groups in total. The van der Waals surface area contributed by atoms with E-state index in [9.17, 15) is 0 Å². The molecule has 0 aliphatic heterocycles. The largest absolute Gasteiger partial charge is 0.0764 e. The number of hydrogen-bond acceptors (Lipinski definition) is 0. The number of allylic oxidation sites excluding steroid dienone is 8. The summed E-state index contributed by atoms with van der Waals surface area (Å²) in [7, 11) is 0. The maximum Gasteiger partial charge on any atom is -0.0225 e. The van der Waals surface area contributed by atoms with Gasteiger partial charge in [0.25, 0.3) is 0 Å². The molecule has 0 heterocycles. The van der Waals surface area contributed by atoms with Crippen molar-refractivity contribution in [3.8, 4) is 0 Å². The molecule has 0 aromatic carbocycles. The van der Waals surface area contributed by atoms with E-state index in [0.717, 1.165) is 0 Å². The number of hydrogen-bond donors (Lipinski definition) is 0. The molecular weight excluding hydrogens is 144 g/mol. The van der Waals surface area contributed by atoms with Crippen molar-refractivity contribution in [3.05, 3.63) is 46.6 Å². The quantitative estimate of drug-likeness (QED) is 0.547. The van der Waals surface area contributed by atoms with Crippen molar-refractivity contribution in [2.24, 2.45) is 0 Å². The lowest BCUT2D eigenvalue weighted by atomic mass is 10.1. The fourth-order valence-corrected chi connectivity index (χ4v) is 1.26. The van der Waals surface area contributed by atoms with Gasteiger partial charge in [-0.1, -0.05) is 35.5 Å². The molecule has 0 spiro atoms. The van der Waals surface area contributed by atoms with Crippen molar-refractivity contribution in [2.45, 2.75) is 27.7 Å². The smallest absolute Gasteiger partial charge is 0.0225 e. The van der Waals surface area contributed by atoms with E-state index in [2.05, 4.69) is 52.0 Å². The lowest BCUT2D eigenvalue weighted by Gasteiger charge is -1.93. The third kappa shape index (κ3) is 2.23. The zero-order valence-corrected chi connectivity index (χ0v) is 8.31. The Bertz CT molecular complexity index is 292.